The van der Waals surface area contributed by atoms with Gasteiger partial charge in [-0.1, -0.05) is 37.3 Å². The Morgan fingerprint density at radius 2 is 2.07 bits per heavy atom. The monoisotopic (exact) mass is 404 g/mol. The third kappa shape index (κ3) is 4.41. The minimum absolute atomic E-state index is 0.171. The van der Waals surface area contributed by atoms with Crippen LogP contribution in [0.5, 0.6) is 0 Å². The SMILES string of the molecule is CC(=O)N1CCC[C@H](c2[nH]c3ncccc3c2CN(C)C[C@H](C)c2ccccc2)C1. The van der Waals surface area contributed by atoms with Crippen LogP contribution in [0.1, 0.15) is 55.3 Å². The number of fused-ring (bicyclic) bond motifs is 1. The second kappa shape index (κ2) is 9.00. The van der Waals surface area contributed by atoms with Crippen molar-refractivity contribution in [3.8, 4) is 0 Å². The number of carbonyl (C=O) groups excluding carboxylic acids is 1. The quantitative estimate of drug-likeness (QED) is 0.657. The molecule has 2 atom stereocenters. The van der Waals surface area contributed by atoms with Gasteiger partial charge in [0.2, 0.25) is 5.91 Å². The lowest BCUT2D eigenvalue weighted by Crippen LogP contribution is -2.38. The predicted octanol–water partition coefficient (Wildman–Crippen LogP) is 4.52. The van der Waals surface area contributed by atoms with E-state index in [2.05, 4.69) is 65.2 Å². The first-order valence-electron chi connectivity index (χ1n) is 11.0. The molecule has 2 aromatic heterocycles. The number of aromatic nitrogens is 2. The summed E-state index contributed by atoms with van der Waals surface area (Å²) in [7, 11) is 2.20. The fourth-order valence-corrected chi connectivity index (χ4v) is 4.80. The number of likely N-dealkylation sites (tertiary alicyclic amines) is 1. The fourth-order valence-electron chi connectivity index (χ4n) is 4.80. The van der Waals surface area contributed by atoms with Crippen molar-refractivity contribution < 1.29 is 4.79 Å². The molecule has 5 heteroatoms. The zero-order valence-electron chi connectivity index (χ0n) is 18.3. The number of H-pyrrole nitrogens is 1. The van der Waals surface area contributed by atoms with Crippen molar-refractivity contribution in [2.45, 2.75) is 45.1 Å². The Balaban J connectivity index is 1.58. The van der Waals surface area contributed by atoms with E-state index in [4.69, 9.17) is 0 Å². The summed E-state index contributed by atoms with van der Waals surface area (Å²) in [6.45, 7) is 7.48. The van der Waals surface area contributed by atoms with Crippen LogP contribution in [0, 0.1) is 0 Å². The normalized spacial score (nSPS) is 18.1. The van der Waals surface area contributed by atoms with Crippen LogP contribution < -0.4 is 0 Å². The molecule has 0 saturated carbocycles. The highest BCUT2D eigenvalue weighted by Crippen LogP contribution is 2.33. The molecule has 1 amide bonds. The van der Waals surface area contributed by atoms with E-state index in [0.717, 1.165) is 44.7 Å². The Hall–Kier alpha value is -2.66. The van der Waals surface area contributed by atoms with Crippen molar-refractivity contribution in [2.75, 3.05) is 26.7 Å². The number of hydrogen-bond acceptors (Lipinski definition) is 3. The molecule has 5 nitrogen and oxygen atoms in total. The molecule has 0 radical (unpaired) electrons. The summed E-state index contributed by atoms with van der Waals surface area (Å²) in [5.41, 5.74) is 4.91. The van der Waals surface area contributed by atoms with Gasteiger partial charge in [0.05, 0.1) is 0 Å². The fraction of sp³-hybridized carbons (Fsp3) is 0.440. The van der Waals surface area contributed by atoms with Gasteiger partial charge in [-0.15, -0.1) is 0 Å². The molecule has 1 aromatic carbocycles. The van der Waals surface area contributed by atoms with Gasteiger partial charge in [0.1, 0.15) is 5.65 Å². The van der Waals surface area contributed by atoms with Crippen LogP contribution >= 0.6 is 0 Å². The third-order valence-corrected chi connectivity index (χ3v) is 6.37. The number of hydrogen-bond donors (Lipinski definition) is 1. The Kier molecular flexibility index (Phi) is 6.18. The average Bonchev–Trinajstić information content (AvgIpc) is 3.12. The van der Waals surface area contributed by atoms with Crippen LogP contribution in [0.25, 0.3) is 11.0 Å². The third-order valence-electron chi connectivity index (χ3n) is 6.37. The number of amides is 1. The first-order chi connectivity index (χ1) is 14.5. The van der Waals surface area contributed by atoms with Crippen LogP contribution in [-0.4, -0.2) is 52.4 Å². The van der Waals surface area contributed by atoms with Gasteiger partial charge in [-0.25, -0.2) is 4.98 Å². The highest BCUT2D eigenvalue weighted by Gasteiger charge is 2.27. The van der Waals surface area contributed by atoms with Gasteiger partial charge in [-0.3, -0.25) is 4.79 Å². The van der Waals surface area contributed by atoms with E-state index >= 15 is 0 Å². The molecule has 30 heavy (non-hydrogen) atoms. The molecule has 0 bridgehead atoms. The second-order valence-electron chi connectivity index (χ2n) is 8.73. The Labute approximate surface area is 179 Å². The summed E-state index contributed by atoms with van der Waals surface area (Å²) in [6.07, 6.45) is 4.00. The first kappa shape index (κ1) is 20.6. The summed E-state index contributed by atoms with van der Waals surface area (Å²) < 4.78 is 0. The minimum Gasteiger partial charge on any atom is -0.343 e. The predicted molar refractivity (Wildman–Crippen MR) is 122 cm³/mol. The molecule has 1 aliphatic rings. The molecule has 1 fully saturated rings. The molecular formula is C25H32N4O. The van der Waals surface area contributed by atoms with Crippen LogP contribution in [0.3, 0.4) is 0 Å². The minimum atomic E-state index is 0.171. The molecule has 3 heterocycles. The summed E-state index contributed by atoms with van der Waals surface area (Å²) >= 11 is 0. The van der Waals surface area contributed by atoms with E-state index < -0.39 is 0 Å². The molecular weight excluding hydrogens is 372 g/mol. The van der Waals surface area contributed by atoms with Crippen molar-refractivity contribution in [1.29, 1.82) is 0 Å². The lowest BCUT2D eigenvalue weighted by Gasteiger charge is -2.32. The lowest BCUT2D eigenvalue weighted by atomic mass is 9.91. The number of pyridine rings is 1. The van der Waals surface area contributed by atoms with Crippen molar-refractivity contribution in [1.82, 2.24) is 19.8 Å². The topological polar surface area (TPSA) is 52.2 Å². The number of likely N-dealkylation sites (N-methyl/N-ethyl adjacent to an activating group) is 1. The number of benzene rings is 1. The van der Waals surface area contributed by atoms with Gasteiger partial charge in [-0.2, -0.15) is 0 Å². The van der Waals surface area contributed by atoms with Crippen molar-refractivity contribution in [2.24, 2.45) is 0 Å². The number of aromatic amines is 1. The zero-order chi connectivity index (χ0) is 21.1. The van der Waals surface area contributed by atoms with Gasteiger partial charge in [-0.05, 0) is 49.1 Å². The maximum absolute atomic E-state index is 12.0. The molecule has 0 aliphatic carbocycles. The number of rotatable bonds is 6. The summed E-state index contributed by atoms with van der Waals surface area (Å²) in [6, 6.07) is 14.9. The highest BCUT2D eigenvalue weighted by molar-refractivity contribution is 5.81. The number of nitrogens with one attached hydrogen (secondary N) is 1. The summed E-state index contributed by atoms with van der Waals surface area (Å²) in [4.78, 5) is 24.5. The number of piperidine rings is 1. The standard InChI is InChI=1S/C25H32N4O/c1-18(20-9-5-4-6-10-20)15-28(3)17-23-22-12-7-13-26-25(22)27-24(23)21-11-8-14-29(16-21)19(2)30/h4-7,9-10,12-13,18,21H,8,11,14-17H2,1-3H3,(H,26,27)/t18-,21-/m0/s1. The maximum Gasteiger partial charge on any atom is 0.219 e. The van der Waals surface area contributed by atoms with Crippen molar-refractivity contribution in [3.63, 3.8) is 0 Å². The van der Waals surface area contributed by atoms with Gasteiger partial charge < -0.3 is 14.8 Å². The molecule has 4 rings (SSSR count). The van der Waals surface area contributed by atoms with Crippen molar-refractivity contribution >= 4 is 16.9 Å². The van der Waals surface area contributed by atoms with Crippen LogP contribution in [0.4, 0.5) is 0 Å². The molecule has 0 unspecified atom stereocenters. The molecule has 1 N–H and O–H groups in total. The lowest BCUT2D eigenvalue weighted by molar-refractivity contribution is -0.130. The maximum atomic E-state index is 12.0. The smallest absolute Gasteiger partial charge is 0.219 e. The second-order valence-corrected chi connectivity index (χ2v) is 8.73. The largest absolute Gasteiger partial charge is 0.343 e. The summed E-state index contributed by atoms with van der Waals surface area (Å²) in [5.74, 6) is 0.974. The van der Waals surface area contributed by atoms with E-state index in [9.17, 15) is 4.79 Å². The van der Waals surface area contributed by atoms with E-state index in [0.29, 0.717) is 11.8 Å². The van der Waals surface area contributed by atoms with Crippen LogP contribution in [-0.2, 0) is 11.3 Å². The molecule has 3 aromatic rings. The van der Waals surface area contributed by atoms with Gasteiger partial charge in [0.15, 0.2) is 0 Å². The van der Waals surface area contributed by atoms with E-state index in [1.54, 1.807) is 6.92 Å². The number of nitrogens with zero attached hydrogens (tertiary/aromatic N) is 3. The highest BCUT2D eigenvalue weighted by atomic mass is 16.2. The molecule has 0 spiro atoms. The molecule has 1 saturated heterocycles. The van der Waals surface area contributed by atoms with E-state index in [1.807, 2.05) is 17.2 Å². The Morgan fingerprint density at radius 3 is 2.83 bits per heavy atom. The summed E-state index contributed by atoms with van der Waals surface area (Å²) in [5, 5.41) is 1.20. The van der Waals surface area contributed by atoms with Crippen molar-refractivity contribution in [3.05, 3.63) is 65.5 Å². The van der Waals surface area contributed by atoms with Gasteiger partial charge in [0.25, 0.3) is 0 Å². The van der Waals surface area contributed by atoms with Gasteiger partial charge in [0, 0.05) is 56.3 Å². The van der Waals surface area contributed by atoms with E-state index in [-0.39, 0.29) is 5.91 Å². The number of carbonyl (C=O) groups is 1. The first-order valence-corrected chi connectivity index (χ1v) is 11.0. The zero-order valence-corrected chi connectivity index (χ0v) is 18.3. The average molecular weight is 405 g/mol. The van der Waals surface area contributed by atoms with Crippen LogP contribution in [0.15, 0.2) is 48.7 Å². The molecule has 158 valence electrons. The van der Waals surface area contributed by atoms with Crippen LogP contribution in [0.2, 0.25) is 0 Å². The van der Waals surface area contributed by atoms with Gasteiger partial charge >= 0.3 is 0 Å². The van der Waals surface area contributed by atoms with E-state index in [1.165, 1.54) is 22.2 Å². The molecule has 1 aliphatic heterocycles. The Morgan fingerprint density at radius 1 is 1.27 bits per heavy atom. The Bertz CT molecular complexity index is 997.